The molecule has 1 aliphatic rings. The first kappa shape index (κ1) is 17.0. The predicted octanol–water partition coefficient (Wildman–Crippen LogP) is 0.0305. The monoisotopic (exact) mass is 318 g/mol. The Morgan fingerprint density at radius 2 is 2.30 bits per heavy atom. The fraction of sp³-hybridized carbons (Fsp3) is 0.600. The second kappa shape index (κ2) is 7.24. The summed E-state index contributed by atoms with van der Waals surface area (Å²) in [7, 11) is 5.63. The van der Waals surface area contributed by atoms with Crippen LogP contribution >= 0.6 is 0 Å². The van der Waals surface area contributed by atoms with Gasteiger partial charge in [-0.25, -0.2) is 0 Å². The first-order valence-corrected chi connectivity index (χ1v) is 7.57. The molecule has 1 fully saturated rings. The van der Waals surface area contributed by atoms with E-state index in [0.29, 0.717) is 24.5 Å². The van der Waals surface area contributed by atoms with Crippen molar-refractivity contribution >= 4 is 17.6 Å². The van der Waals surface area contributed by atoms with Crippen LogP contribution in [0, 0.1) is 17.2 Å². The zero-order valence-corrected chi connectivity index (χ0v) is 13.7. The van der Waals surface area contributed by atoms with Crippen LogP contribution in [0.1, 0.15) is 18.4 Å². The normalized spacial score (nSPS) is 17.6. The smallest absolute Gasteiger partial charge is 0.230 e. The van der Waals surface area contributed by atoms with Crippen LogP contribution in [0.25, 0.3) is 0 Å². The number of aryl methyl sites for hydroxylation is 1. The molecule has 0 radical (unpaired) electrons. The van der Waals surface area contributed by atoms with Gasteiger partial charge >= 0.3 is 0 Å². The van der Waals surface area contributed by atoms with Crippen LogP contribution in [0.4, 0.5) is 5.82 Å². The number of rotatable bonds is 6. The Balaban J connectivity index is 1.92. The van der Waals surface area contributed by atoms with E-state index in [4.69, 9.17) is 5.26 Å². The third-order valence-corrected chi connectivity index (χ3v) is 3.92. The maximum absolute atomic E-state index is 12.4. The number of carbonyl (C=O) groups is 2. The van der Waals surface area contributed by atoms with Gasteiger partial charge in [-0.3, -0.25) is 14.3 Å². The maximum Gasteiger partial charge on any atom is 0.230 e. The lowest BCUT2D eigenvalue weighted by Gasteiger charge is -2.18. The molecule has 8 heteroatoms. The zero-order chi connectivity index (χ0) is 17.0. The van der Waals surface area contributed by atoms with Gasteiger partial charge in [0.25, 0.3) is 0 Å². The summed E-state index contributed by atoms with van der Waals surface area (Å²) in [5.74, 6) is -0.248. The lowest BCUT2D eigenvalue weighted by Crippen LogP contribution is -2.31. The molecule has 0 aromatic carbocycles. The highest BCUT2D eigenvalue weighted by Crippen LogP contribution is 2.21. The van der Waals surface area contributed by atoms with Gasteiger partial charge in [-0.15, -0.1) is 0 Å². The van der Waals surface area contributed by atoms with Crippen molar-refractivity contribution < 1.29 is 9.59 Å². The highest BCUT2D eigenvalue weighted by molar-refractivity contribution is 5.97. The second-order valence-corrected chi connectivity index (χ2v) is 6.03. The zero-order valence-electron chi connectivity index (χ0n) is 13.7. The summed E-state index contributed by atoms with van der Waals surface area (Å²) in [5.41, 5.74) is 0.313. The standard InChI is InChI=1S/C15H22N6O2/c1-19(2)5-4-6-21-10-11(7-13(21)22)15(23)18-14-12(8-16)9-17-20(14)3/h9,11H,4-7,10H2,1-3H3,(H,18,23). The fourth-order valence-corrected chi connectivity index (χ4v) is 2.63. The van der Waals surface area contributed by atoms with Gasteiger partial charge in [0.1, 0.15) is 17.5 Å². The molecule has 0 bridgehead atoms. The Kier molecular flexibility index (Phi) is 5.34. The Bertz CT molecular complexity index is 630. The van der Waals surface area contributed by atoms with Crippen LogP contribution in [-0.2, 0) is 16.6 Å². The van der Waals surface area contributed by atoms with Crippen molar-refractivity contribution in [1.82, 2.24) is 19.6 Å². The molecule has 1 saturated heterocycles. The van der Waals surface area contributed by atoms with Crippen molar-refractivity contribution in [2.24, 2.45) is 13.0 Å². The summed E-state index contributed by atoms with van der Waals surface area (Å²) >= 11 is 0. The molecular formula is C15H22N6O2. The van der Waals surface area contributed by atoms with Crippen molar-refractivity contribution in [3.63, 3.8) is 0 Å². The number of aromatic nitrogens is 2. The summed E-state index contributed by atoms with van der Waals surface area (Å²) in [5, 5.41) is 15.7. The number of nitrogens with one attached hydrogen (secondary N) is 1. The minimum atomic E-state index is -0.386. The van der Waals surface area contributed by atoms with Gasteiger partial charge in [0.2, 0.25) is 11.8 Å². The summed E-state index contributed by atoms with van der Waals surface area (Å²) < 4.78 is 1.45. The van der Waals surface area contributed by atoms with E-state index >= 15 is 0 Å². The molecule has 1 atom stereocenters. The summed E-state index contributed by atoms with van der Waals surface area (Å²) in [6, 6.07) is 1.99. The molecule has 23 heavy (non-hydrogen) atoms. The van der Waals surface area contributed by atoms with Gasteiger partial charge in [0, 0.05) is 26.6 Å². The molecule has 0 aliphatic carbocycles. The lowest BCUT2D eigenvalue weighted by molar-refractivity contribution is -0.128. The van der Waals surface area contributed by atoms with Crippen LogP contribution in [-0.4, -0.2) is 65.1 Å². The van der Waals surface area contributed by atoms with Gasteiger partial charge in [-0.1, -0.05) is 0 Å². The number of likely N-dealkylation sites (tertiary alicyclic amines) is 1. The van der Waals surface area contributed by atoms with Crippen molar-refractivity contribution in [2.45, 2.75) is 12.8 Å². The van der Waals surface area contributed by atoms with E-state index in [1.54, 1.807) is 11.9 Å². The Labute approximate surface area is 135 Å². The minimum Gasteiger partial charge on any atom is -0.342 e. The number of amides is 2. The molecule has 1 aromatic heterocycles. The molecule has 1 aliphatic heterocycles. The van der Waals surface area contributed by atoms with Gasteiger partial charge in [-0.2, -0.15) is 10.4 Å². The third kappa shape index (κ3) is 4.07. The third-order valence-electron chi connectivity index (χ3n) is 3.92. The minimum absolute atomic E-state index is 0.00872. The van der Waals surface area contributed by atoms with E-state index in [0.717, 1.165) is 13.0 Å². The van der Waals surface area contributed by atoms with Crippen LogP contribution in [0.3, 0.4) is 0 Å². The van der Waals surface area contributed by atoms with Gasteiger partial charge in [-0.05, 0) is 27.1 Å². The number of nitrogens with zero attached hydrogens (tertiary/aromatic N) is 5. The lowest BCUT2D eigenvalue weighted by atomic mass is 10.1. The fourth-order valence-electron chi connectivity index (χ4n) is 2.63. The number of hydrogen-bond acceptors (Lipinski definition) is 5. The maximum atomic E-state index is 12.4. The first-order valence-electron chi connectivity index (χ1n) is 7.57. The number of anilines is 1. The predicted molar refractivity (Wildman–Crippen MR) is 84.4 cm³/mol. The Morgan fingerprint density at radius 3 is 2.96 bits per heavy atom. The SMILES string of the molecule is CN(C)CCCN1CC(C(=O)Nc2c(C#N)cnn2C)CC1=O. The first-order chi connectivity index (χ1) is 10.9. The Hall–Kier alpha value is -2.40. The van der Waals surface area contributed by atoms with Crippen LogP contribution in [0.15, 0.2) is 6.20 Å². The quantitative estimate of drug-likeness (QED) is 0.798. The molecule has 1 aromatic rings. The molecular weight excluding hydrogens is 296 g/mol. The van der Waals surface area contributed by atoms with Crippen LogP contribution in [0.2, 0.25) is 0 Å². The molecule has 8 nitrogen and oxygen atoms in total. The number of hydrogen-bond donors (Lipinski definition) is 1. The van der Waals surface area contributed by atoms with E-state index in [2.05, 4.69) is 15.3 Å². The van der Waals surface area contributed by atoms with E-state index in [1.165, 1.54) is 10.9 Å². The van der Waals surface area contributed by atoms with E-state index in [9.17, 15) is 9.59 Å². The van der Waals surface area contributed by atoms with Crippen molar-refractivity contribution in [3.05, 3.63) is 11.8 Å². The highest BCUT2D eigenvalue weighted by atomic mass is 16.2. The molecule has 2 rings (SSSR count). The number of nitriles is 1. The van der Waals surface area contributed by atoms with Crippen molar-refractivity contribution in [2.75, 3.05) is 39.0 Å². The van der Waals surface area contributed by atoms with Gasteiger partial charge in [0.05, 0.1) is 12.1 Å². The van der Waals surface area contributed by atoms with Gasteiger partial charge in [0.15, 0.2) is 0 Å². The molecule has 2 heterocycles. The van der Waals surface area contributed by atoms with Crippen molar-refractivity contribution in [3.8, 4) is 6.07 Å². The van der Waals surface area contributed by atoms with Crippen LogP contribution in [0.5, 0.6) is 0 Å². The largest absolute Gasteiger partial charge is 0.342 e. The topological polar surface area (TPSA) is 94.3 Å². The summed E-state index contributed by atoms with van der Waals surface area (Å²) in [6.45, 7) is 2.00. The Morgan fingerprint density at radius 1 is 1.57 bits per heavy atom. The molecule has 2 amide bonds. The second-order valence-electron chi connectivity index (χ2n) is 6.03. The molecule has 1 N–H and O–H groups in total. The average Bonchev–Trinajstić information content (AvgIpc) is 3.03. The van der Waals surface area contributed by atoms with Gasteiger partial charge < -0.3 is 15.1 Å². The average molecular weight is 318 g/mol. The molecule has 1 unspecified atom stereocenters. The molecule has 0 saturated carbocycles. The molecule has 124 valence electrons. The number of carbonyl (C=O) groups excluding carboxylic acids is 2. The van der Waals surface area contributed by atoms with Crippen LogP contribution < -0.4 is 5.32 Å². The van der Waals surface area contributed by atoms with Crippen molar-refractivity contribution in [1.29, 1.82) is 5.26 Å². The van der Waals surface area contributed by atoms with E-state index in [-0.39, 0.29) is 24.2 Å². The summed E-state index contributed by atoms with van der Waals surface area (Å²) in [6.07, 6.45) is 2.50. The highest BCUT2D eigenvalue weighted by Gasteiger charge is 2.34. The summed E-state index contributed by atoms with van der Waals surface area (Å²) in [4.78, 5) is 28.2. The molecule has 0 spiro atoms. The van der Waals surface area contributed by atoms with E-state index < -0.39 is 0 Å². The van der Waals surface area contributed by atoms with E-state index in [1.807, 2.05) is 20.2 Å².